The van der Waals surface area contributed by atoms with Crippen molar-refractivity contribution in [3.63, 3.8) is 0 Å². The fraction of sp³-hybridized carbons (Fsp3) is 0.636. The first-order valence-corrected chi connectivity index (χ1v) is 5.82. The summed E-state index contributed by atoms with van der Waals surface area (Å²) in [5, 5.41) is 9.71. The van der Waals surface area contributed by atoms with E-state index < -0.39 is 11.9 Å². The van der Waals surface area contributed by atoms with Crippen LogP contribution in [0, 0.1) is 0 Å². The van der Waals surface area contributed by atoms with Crippen LogP contribution in [0.3, 0.4) is 0 Å². The zero-order chi connectivity index (χ0) is 13.2. The maximum absolute atomic E-state index is 12.3. The van der Waals surface area contributed by atoms with Gasteiger partial charge in [0.25, 0.3) is 0 Å². The summed E-state index contributed by atoms with van der Waals surface area (Å²) >= 11 is 0. The molecule has 2 rings (SSSR count). The number of hydrogen-bond acceptors (Lipinski definition) is 4. The quantitative estimate of drug-likeness (QED) is 0.902. The van der Waals surface area contributed by atoms with Crippen molar-refractivity contribution < 1.29 is 13.2 Å². The third-order valence-corrected chi connectivity index (χ3v) is 3.15. The molecule has 7 heteroatoms. The Morgan fingerprint density at radius 2 is 2.17 bits per heavy atom. The summed E-state index contributed by atoms with van der Waals surface area (Å²) in [6.07, 6.45) is -2.18. The molecule has 1 unspecified atom stereocenters. The Morgan fingerprint density at radius 1 is 1.39 bits per heavy atom. The van der Waals surface area contributed by atoms with Gasteiger partial charge in [-0.2, -0.15) is 13.2 Å². The lowest BCUT2D eigenvalue weighted by Gasteiger charge is -2.19. The first-order valence-electron chi connectivity index (χ1n) is 5.82. The molecule has 0 bridgehead atoms. The van der Waals surface area contributed by atoms with E-state index in [1.54, 1.807) is 0 Å². The van der Waals surface area contributed by atoms with Gasteiger partial charge in [-0.3, -0.25) is 0 Å². The molecule has 1 N–H and O–H groups in total. The van der Waals surface area contributed by atoms with Gasteiger partial charge in [0.1, 0.15) is 5.82 Å². The van der Waals surface area contributed by atoms with Crippen LogP contribution < -0.4 is 5.32 Å². The maximum Gasteiger partial charge on any atom is 0.435 e. The normalized spacial score (nSPS) is 21.2. The number of anilines is 1. The Balaban J connectivity index is 1.90. The van der Waals surface area contributed by atoms with Gasteiger partial charge in [-0.15, -0.1) is 10.2 Å². The zero-order valence-electron chi connectivity index (χ0n) is 10.0. The van der Waals surface area contributed by atoms with Gasteiger partial charge in [0.15, 0.2) is 5.69 Å². The lowest BCUT2D eigenvalue weighted by atomic mass is 10.2. The molecule has 4 nitrogen and oxygen atoms in total. The molecule has 100 valence electrons. The van der Waals surface area contributed by atoms with Crippen molar-refractivity contribution >= 4 is 5.82 Å². The van der Waals surface area contributed by atoms with E-state index in [4.69, 9.17) is 0 Å². The van der Waals surface area contributed by atoms with Crippen LogP contribution in [0.2, 0.25) is 0 Å². The molecular formula is C11H15F3N4. The molecule has 1 aliphatic heterocycles. The number of hydrogen-bond donors (Lipinski definition) is 1. The van der Waals surface area contributed by atoms with E-state index >= 15 is 0 Å². The summed E-state index contributed by atoms with van der Waals surface area (Å²) in [5.74, 6) is 0.378. The molecule has 1 fully saturated rings. The molecule has 0 spiro atoms. The van der Waals surface area contributed by atoms with Crippen molar-refractivity contribution in [2.24, 2.45) is 0 Å². The second-order valence-corrected chi connectivity index (χ2v) is 4.46. The molecule has 18 heavy (non-hydrogen) atoms. The monoisotopic (exact) mass is 260 g/mol. The van der Waals surface area contributed by atoms with Gasteiger partial charge in [0.05, 0.1) is 0 Å². The molecule has 1 atom stereocenters. The summed E-state index contributed by atoms with van der Waals surface area (Å²) in [4.78, 5) is 2.23. The van der Waals surface area contributed by atoms with Gasteiger partial charge >= 0.3 is 6.18 Å². The molecule has 0 radical (unpaired) electrons. The van der Waals surface area contributed by atoms with Crippen LogP contribution >= 0.6 is 0 Å². The van der Waals surface area contributed by atoms with Gasteiger partial charge < -0.3 is 10.2 Å². The third-order valence-electron chi connectivity index (χ3n) is 3.15. The third kappa shape index (κ3) is 3.10. The van der Waals surface area contributed by atoms with E-state index in [-0.39, 0.29) is 0 Å². The highest BCUT2D eigenvalue weighted by molar-refractivity contribution is 5.33. The highest BCUT2D eigenvalue weighted by Crippen LogP contribution is 2.27. The van der Waals surface area contributed by atoms with E-state index in [9.17, 15) is 13.2 Å². The molecule has 2 heterocycles. The Bertz CT molecular complexity index is 390. The van der Waals surface area contributed by atoms with E-state index in [1.807, 2.05) is 7.05 Å². The number of likely N-dealkylation sites (tertiary alicyclic amines) is 1. The van der Waals surface area contributed by atoms with E-state index in [1.165, 1.54) is 6.07 Å². The van der Waals surface area contributed by atoms with Gasteiger partial charge in [-0.25, -0.2) is 0 Å². The van der Waals surface area contributed by atoms with Crippen molar-refractivity contribution in [2.75, 3.05) is 25.5 Å². The molecule has 0 aromatic carbocycles. The SMILES string of the molecule is CN1CCCC1CNc1ccc(C(F)(F)F)nn1. The van der Waals surface area contributed by atoms with Crippen molar-refractivity contribution in [3.05, 3.63) is 17.8 Å². The minimum Gasteiger partial charge on any atom is -0.367 e. The second-order valence-electron chi connectivity index (χ2n) is 4.46. The number of alkyl halides is 3. The highest BCUT2D eigenvalue weighted by Gasteiger charge is 2.32. The predicted octanol–water partition coefficient (Wildman–Crippen LogP) is 2.00. The average Bonchev–Trinajstić information content (AvgIpc) is 2.72. The highest BCUT2D eigenvalue weighted by atomic mass is 19.4. The first-order chi connectivity index (χ1) is 8.47. The Hall–Kier alpha value is -1.37. The van der Waals surface area contributed by atoms with E-state index in [2.05, 4.69) is 20.4 Å². The molecule has 0 aliphatic carbocycles. The van der Waals surface area contributed by atoms with Crippen LogP contribution in [-0.4, -0.2) is 41.3 Å². The number of nitrogens with zero attached hydrogens (tertiary/aromatic N) is 3. The molecule has 0 saturated carbocycles. The fourth-order valence-electron chi connectivity index (χ4n) is 2.04. The van der Waals surface area contributed by atoms with Crippen LogP contribution in [0.5, 0.6) is 0 Å². The number of aromatic nitrogens is 2. The lowest BCUT2D eigenvalue weighted by molar-refractivity contribution is -0.141. The second kappa shape index (κ2) is 5.09. The van der Waals surface area contributed by atoms with E-state index in [0.29, 0.717) is 18.4 Å². The molecular weight excluding hydrogens is 245 g/mol. The summed E-state index contributed by atoms with van der Waals surface area (Å²) in [6, 6.07) is 2.66. The summed E-state index contributed by atoms with van der Waals surface area (Å²) in [6.45, 7) is 1.74. The predicted molar refractivity (Wildman–Crippen MR) is 61.2 cm³/mol. The molecule has 0 amide bonds. The number of nitrogens with one attached hydrogen (secondary N) is 1. The van der Waals surface area contributed by atoms with Crippen molar-refractivity contribution in [1.82, 2.24) is 15.1 Å². The van der Waals surface area contributed by atoms with Gasteiger partial charge in [-0.05, 0) is 38.6 Å². The lowest BCUT2D eigenvalue weighted by Crippen LogP contribution is -2.31. The minimum absolute atomic E-state index is 0.378. The van der Waals surface area contributed by atoms with Crippen LogP contribution in [-0.2, 0) is 6.18 Å². The summed E-state index contributed by atoms with van der Waals surface area (Å²) in [7, 11) is 2.04. The van der Waals surface area contributed by atoms with Gasteiger partial charge in [0.2, 0.25) is 0 Å². The molecule has 1 aliphatic rings. The van der Waals surface area contributed by atoms with Crippen molar-refractivity contribution in [1.29, 1.82) is 0 Å². The number of halogens is 3. The summed E-state index contributed by atoms with van der Waals surface area (Å²) < 4.78 is 36.8. The van der Waals surface area contributed by atoms with Crippen LogP contribution in [0.4, 0.5) is 19.0 Å². The smallest absolute Gasteiger partial charge is 0.367 e. The van der Waals surface area contributed by atoms with Crippen LogP contribution in [0.25, 0.3) is 0 Å². The number of rotatable bonds is 3. The Kier molecular flexibility index (Phi) is 3.70. The average molecular weight is 260 g/mol. The van der Waals surface area contributed by atoms with Crippen LogP contribution in [0.1, 0.15) is 18.5 Å². The largest absolute Gasteiger partial charge is 0.435 e. The fourth-order valence-corrected chi connectivity index (χ4v) is 2.04. The Labute approximate surface area is 103 Å². The van der Waals surface area contributed by atoms with Crippen molar-refractivity contribution in [3.8, 4) is 0 Å². The molecule has 1 aromatic heterocycles. The van der Waals surface area contributed by atoms with Crippen molar-refractivity contribution in [2.45, 2.75) is 25.1 Å². The Morgan fingerprint density at radius 3 is 2.67 bits per heavy atom. The minimum atomic E-state index is -4.43. The van der Waals surface area contributed by atoms with E-state index in [0.717, 1.165) is 25.5 Å². The number of likely N-dealkylation sites (N-methyl/N-ethyl adjacent to an activating group) is 1. The standard InChI is InChI=1S/C11H15F3N4/c1-18-6-2-3-8(18)7-15-10-5-4-9(16-17-10)11(12,13)14/h4-5,8H,2-3,6-7H2,1H3,(H,15,17). The maximum atomic E-state index is 12.3. The first kappa shape index (κ1) is 13.1. The summed E-state index contributed by atoms with van der Waals surface area (Å²) in [5.41, 5.74) is -0.967. The topological polar surface area (TPSA) is 41.0 Å². The van der Waals surface area contributed by atoms with Gasteiger partial charge in [0, 0.05) is 12.6 Å². The van der Waals surface area contributed by atoms with Gasteiger partial charge in [-0.1, -0.05) is 0 Å². The zero-order valence-corrected chi connectivity index (χ0v) is 10.0. The molecule has 1 saturated heterocycles. The van der Waals surface area contributed by atoms with Crippen LogP contribution in [0.15, 0.2) is 12.1 Å². The molecule has 1 aromatic rings.